The molecule has 0 saturated carbocycles. The van der Waals surface area contributed by atoms with E-state index < -0.39 is 4.92 Å². The number of rotatable bonds is 4. The second kappa shape index (κ2) is 7.53. The van der Waals surface area contributed by atoms with Gasteiger partial charge in [-0.3, -0.25) is 14.9 Å². The molecule has 4 rings (SSSR count). The first-order chi connectivity index (χ1) is 13.5. The lowest BCUT2D eigenvalue weighted by Crippen LogP contribution is -2.36. The van der Waals surface area contributed by atoms with Crippen molar-refractivity contribution in [2.75, 3.05) is 36.5 Å². The summed E-state index contributed by atoms with van der Waals surface area (Å²) in [5.41, 5.74) is 2.19. The van der Waals surface area contributed by atoms with Gasteiger partial charge in [0.1, 0.15) is 0 Å². The molecule has 1 amide bonds. The summed E-state index contributed by atoms with van der Waals surface area (Å²) in [4.78, 5) is 30.0. The zero-order valence-electron chi connectivity index (χ0n) is 15.2. The summed E-state index contributed by atoms with van der Waals surface area (Å²) < 4.78 is 6.34. The molecule has 2 heterocycles. The minimum atomic E-state index is -0.483. The molecule has 8 nitrogen and oxygen atoms in total. The highest BCUT2D eigenvalue weighted by atomic mass is 32.1. The van der Waals surface area contributed by atoms with Gasteiger partial charge in [-0.25, -0.2) is 4.98 Å². The van der Waals surface area contributed by atoms with E-state index >= 15 is 0 Å². The maximum atomic E-state index is 12.5. The normalized spacial score (nSPS) is 14.2. The van der Waals surface area contributed by atoms with Crippen molar-refractivity contribution < 1.29 is 14.5 Å². The van der Waals surface area contributed by atoms with E-state index in [1.807, 2.05) is 12.1 Å². The van der Waals surface area contributed by atoms with Crippen molar-refractivity contribution in [2.45, 2.75) is 6.92 Å². The van der Waals surface area contributed by atoms with Gasteiger partial charge in [-0.05, 0) is 31.2 Å². The van der Waals surface area contributed by atoms with E-state index in [0.717, 1.165) is 28.4 Å². The number of carbonyl (C=O) groups excluding carboxylic acids is 1. The van der Waals surface area contributed by atoms with E-state index in [-0.39, 0.29) is 17.2 Å². The number of aromatic nitrogens is 1. The zero-order valence-corrected chi connectivity index (χ0v) is 16.0. The van der Waals surface area contributed by atoms with Gasteiger partial charge in [-0.1, -0.05) is 17.4 Å². The van der Waals surface area contributed by atoms with E-state index in [1.165, 1.54) is 6.07 Å². The Kier molecular flexibility index (Phi) is 4.93. The van der Waals surface area contributed by atoms with E-state index in [2.05, 4.69) is 15.2 Å². The Morgan fingerprint density at radius 3 is 2.79 bits per heavy atom. The van der Waals surface area contributed by atoms with Crippen LogP contribution in [0, 0.1) is 17.0 Å². The number of fused-ring (bicyclic) bond motifs is 1. The molecule has 0 spiro atoms. The molecule has 1 aliphatic heterocycles. The molecule has 144 valence electrons. The van der Waals surface area contributed by atoms with Crippen molar-refractivity contribution >= 4 is 44.0 Å². The molecule has 1 saturated heterocycles. The first-order valence-electron chi connectivity index (χ1n) is 8.81. The first-order valence-corrected chi connectivity index (χ1v) is 9.62. The molecule has 0 unspecified atom stereocenters. The van der Waals surface area contributed by atoms with E-state index in [0.29, 0.717) is 24.5 Å². The van der Waals surface area contributed by atoms with Crippen LogP contribution in [0.25, 0.3) is 10.2 Å². The summed E-state index contributed by atoms with van der Waals surface area (Å²) in [5, 5.41) is 14.8. The number of thiazole rings is 1. The predicted molar refractivity (Wildman–Crippen MR) is 108 cm³/mol. The Hall–Kier alpha value is -3.04. The fourth-order valence-electron chi connectivity index (χ4n) is 3.03. The lowest BCUT2D eigenvalue weighted by molar-refractivity contribution is -0.385. The molecule has 0 aliphatic carbocycles. The lowest BCUT2D eigenvalue weighted by Gasteiger charge is -2.25. The molecule has 1 N–H and O–H groups in total. The Labute approximate surface area is 164 Å². The average Bonchev–Trinajstić information content (AvgIpc) is 3.12. The summed E-state index contributed by atoms with van der Waals surface area (Å²) >= 11 is 1.57. The maximum absolute atomic E-state index is 12.5. The number of nitrogens with one attached hydrogen (secondary N) is 1. The molecule has 1 aliphatic rings. The number of nitrogens with zero attached hydrogens (tertiary/aromatic N) is 3. The maximum Gasteiger partial charge on any atom is 0.273 e. The van der Waals surface area contributed by atoms with Crippen molar-refractivity contribution in [3.05, 3.63) is 57.6 Å². The van der Waals surface area contributed by atoms with Gasteiger partial charge in [0, 0.05) is 36.0 Å². The second-order valence-corrected chi connectivity index (χ2v) is 7.50. The van der Waals surface area contributed by atoms with Crippen molar-refractivity contribution in [2.24, 2.45) is 0 Å². The van der Waals surface area contributed by atoms with Crippen molar-refractivity contribution in [1.82, 2.24) is 4.98 Å². The highest BCUT2D eigenvalue weighted by molar-refractivity contribution is 7.22. The van der Waals surface area contributed by atoms with Crippen molar-refractivity contribution in [1.29, 1.82) is 0 Å². The molecule has 0 atom stereocenters. The van der Waals surface area contributed by atoms with Gasteiger partial charge in [-0.15, -0.1) is 0 Å². The van der Waals surface area contributed by atoms with E-state index in [1.54, 1.807) is 36.5 Å². The number of morpholine rings is 1. The van der Waals surface area contributed by atoms with Crippen LogP contribution in [0.1, 0.15) is 15.9 Å². The fraction of sp³-hybridized carbons (Fsp3) is 0.263. The zero-order chi connectivity index (χ0) is 19.7. The summed E-state index contributed by atoms with van der Waals surface area (Å²) in [5.74, 6) is -0.389. The summed E-state index contributed by atoms with van der Waals surface area (Å²) in [6, 6.07) is 9.98. The summed E-state index contributed by atoms with van der Waals surface area (Å²) in [6.45, 7) is 4.66. The number of ether oxygens (including phenoxy) is 1. The van der Waals surface area contributed by atoms with Gasteiger partial charge in [0.15, 0.2) is 5.13 Å². The second-order valence-electron chi connectivity index (χ2n) is 6.49. The third-order valence-electron chi connectivity index (χ3n) is 4.58. The Balaban J connectivity index is 1.55. The summed E-state index contributed by atoms with van der Waals surface area (Å²) in [7, 11) is 0. The molecule has 2 aromatic carbocycles. The van der Waals surface area contributed by atoms with Crippen LogP contribution in [0.3, 0.4) is 0 Å². The number of benzene rings is 2. The number of aryl methyl sites for hydroxylation is 1. The van der Waals surface area contributed by atoms with Crippen LogP contribution >= 0.6 is 11.3 Å². The quantitative estimate of drug-likeness (QED) is 0.533. The molecule has 1 fully saturated rings. The van der Waals surface area contributed by atoms with Gasteiger partial charge in [0.2, 0.25) is 0 Å². The molecule has 1 aromatic heterocycles. The Bertz CT molecular complexity index is 1060. The largest absolute Gasteiger partial charge is 0.378 e. The van der Waals surface area contributed by atoms with Gasteiger partial charge < -0.3 is 15.0 Å². The third-order valence-corrected chi connectivity index (χ3v) is 5.66. The smallest absolute Gasteiger partial charge is 0.273 e. The van der Waals surface area contributed by atoms with Crippen LogP contribution in [0.5, 0.6) is 0 Å². The minimum Gasteiger partial charge on any atom is -0.378 e. The third kappa shape index (κ3) is 3.67. The van der Waals surface area contributed by atoms with Gasteiger partial charge in [0.05, 0.1) is 28.4 Å². The van der Waals surface area contributed by atoms with Gasteiger partial charge in [0.25, 0.3) is 11.6 Å². The number of nitro benzene ring substituents is 1. The van der Waals surface area contributed by atoms with Crippen LogP contribution < -0.4 is 10.2 Å². The average molecular weight is 398 g/mol. The first kappa shape index (κ1) is 18.3. The molecule has 3 aromatic rings. The van der Waals surface area contributed by atoms with Crippen LogP contribution in [-0.4, -0.2) is 42.1 Å². The Morgan fingerprint density at radius 2 is 2.04 bits per heavy atom. The summed E-state index contributed by atoms with van der Waals surface area (Å²) in [6.07, 6.45) is 0. The Morgan fingerprint density at radius 1 is 1.25 bits per heavy atom. The molecule has 9 heteroatoms. The number of amides is 1. The minimum absolute atomic E-state index is 0.0688. The number of hydrogen-bond donors (Lipinski definition) is 1. The number of carbonyl (C=O) groups is 1. The van der Waals surface area contributed by atoms with Gasteiger partial charge in [-0.2, -0.15) is 0 Å². The lowest BCUT2D eigenvalue weighted by atomic mass is 10.1. The number of anilines is 2. The molecular formula is C19H18N4O4S. The van der Waals surface area contributed by atoms with Gasteiger partial charge >= 0.3 is 0 Å². The molecular weight excluding hydrogens is 380 g/mol. The molecule has 0 bridgehead atoms. The monoisotopic (exact) mass is 398 g/mol. The highest BCUT2D eigenvalue weighted by Crippen LogP contribution is 2.31. The van der Waals surface area contributed by atoms with E-state index in [4.69, 9.17) is 4.74 Å². The standard InChI is InChI=1S/C19H18N4O4S/c1-12-2-3-13(10-16(12)23(25)26)18(24)20-14-4-5-15-17(11-14)28-19(21-15)22-6-8-27-9-7-22/h2-5,10-11H,6-9H2,1H3,(H,20,24). The van der Waals surface area contributed by atoms with E-state index in [9.17, 15) is 14.9 Å². The van der Waals surface area contributed by atoms with Crippen molar-refractivity contribution in [3.63, 3.8) is 0 Å². The SMILES string of the molecule is Cc1ccc(C(=O)Nc2ccc3nc(N4CCOCC4)sc3c2)cc1[N+](=O)[O-]. The van der Waals surface area contributed by atoms with Crippen molar-refractivity contribution in [3.8, 4) is 0 Å². The topological polar surface area (TPSA) is 97.6 Å². The number of nitro groups is 1. The molecule has 0 radical (unpaired) electrons. The fourth-order valence-corrected chi connectivity index (χ4v) is 4.09. The highest BCUT2D eigenvalue weighted by Gasteiger charge is 2.17. The number of hydrogen-bond acceptors (Lipinski definition) is 7. The molecule has 28 heavy (non-hydrogen) atoms. The predicted octanol–water partition coefficient (Wildman–Crippen LogP) is 3.60. The van der Waals surface area contributed by atoms with Crippen LogP contribution in [0.2, 0.25) is 0 Å². The van der Waals surface area contributed by atoms with Crippen LogP contribution in [-0.2, 0) is 4.74 Å². The van der Waals surface area contributed by atoms with Crippen LogP contribution in [0.4, 0.5) is 16.5 Å². The van der Waals surface area contributed by atoms with Crippen LogP contribution in [0.15, 0.2) is 36.4 Å².